The molecule has 2 fully saturated rings. The van der Waals surface area contributed by atoms with Crippen molar-refractivity contribution in [2.75, 3.05) is 19.7 Å². The Morgan fingerprint density at radius 2 is 2.05 bits per heavy atom. The van der Waals surface area contributed by atoms with E-state index in [9.17, 15) is 14.7 Å². The van der Waals surface area contributed by atoms with Gasteiger partial charge in [0.15, 0.2) is 0 Å². The van der Waals surface area contributed by atoms with Gasteiger partial charge in [-0.15, -0.1) is 0 Å². The van der Waals surface area contributed by atoms with Gasteiger partial charge in [-0.05, 0) is 40.0 Å². The number of ether oxygens (including phenoxy) is 1. The molecule has 2 saturated heterocycles. The molecule has 114 valence electrons. The average molecular weight is 284 g/mol. The number of carbonyl (C=O) groups excluding carboxylic acids is 1. The van der Waals surface area contributed by atoms with E-state index in [0.717, 1.165) is 12.8 Å². The summed E-state index contributed by atoms with van der Waals surface area (Å²) in [5, 5.41) is 12.2. The zero-order chi connectivity index (χ0) is 15.0. The van der Waals surface area contributed by atoms with Gasteiger partial charge in [-0.1, -0.05) is 0 Å². The maximum absolute atomic E-state index is 12.2. The Morgan fingerprint density at radius 1 is 1.35 bits per heavy atom. The van der Waals surface area contributed by atoms with Gasteiger partial charge in [-0.3, -0.25) is 4.79 Å². The van der Waals surface area contributed by atoms with E-state index in [1.807, 2.05) is 13.8 Å². The topological polar surface area (TPSA) is 78.9 Å². The molecule has 2 aliphatic heterocycles. The fourth-order valence-electron chi connectivity index (χ4n) is 2.93. The highest BCUT2D eigenvalue weighted by Crippen LogP contribution is 2.30. The molecular formula is C14H24N2O4. The first-order valence-corrected chi connectivity index (χ1v) is 7.15. The van der Waals surface area contributed by atoms with E-state index < -0.39 is 11.4 Å². The first kappa shape index (κ1) is 15.1. The number of nitrogens with one attached hydrogen (secondary N) is 1. The average Bonchev–Trinajstić information content (AvgIpc) is 2.72. The van der Waals surface area contributed by atoms with Crippen LogP contribution in [0.1, 0.15) is 40.0 Å². The van der Waals surface area contributed by atoms with Crippen molar-refractivity contribution in [3.63, 3.8) is 0 Å². The molecule has 2 aliphatic rings. The van der Waals surface area contributed by atoms with Gasteiger partial charge >= 0.3 is 12.0 Å². The third kappa shape index (κ3) is 3.23. The molecule has 2 atom stereocenters. The molecule has 0 bridgehead atoms. The monoisotopic (exact) mass is 284 g/mol. The highest BCUT2D eigenvalue weighted by atomic mass is 16.5. The van der Waals surface area contributed by atoms with Gasteiger partial charge < -0.3 is 20.1 Å². The number of rotatable bonds is 2. The SMILES string of the molecule is CC1(C)CC(NC(=O)N2CCC(C)(C(=O)O)C2)CCO1. The zero-order valence-electron chi connectivity index (χ0n) is 12.4. The van der Waals surface area contributed by atoms with Crippen LogP contribution in [-0.2, 0) is 9.53 Å². The van der Waals surface area contributed by atoms with Crippen molar-refractivity contribution in [3.05, 3.63) is 0 Å². The summed E-state index contributed by atoms with van der Waals surface area (Å²) >= 11 is 0. The third-order valence-electron chi connectivity index (χ3n) is 4.30. The maximum Gasteiger partial charge on any atom is 0.317 e. The molecule has 0 radical (unpaired) electrons. The van der Waals surface area contributed by atoms with E-state index in [2.05, 4.69) is 5.32 Å². The van der Waals surface area contributed by atoms with Gasteiger partial charge in [0.1, 0.15) is 0 Å². The number of carbonyl (C=O) groups is 2. The lowest BCUT2D eigenvalue weighted by atomic mass is 9.90. The summed E-state index contributed by atoms with van der Waals surface area (Å²) < 4.78 is 5.62. The summed E-state index contributed by atoms with van der Waals surface area (Å²) in [7, 11) is 0. The molecular weight excluding hydrogens is 260 g/mol. The van der Waals surface area contributed by atoms with Gasteiger partial charge in [0.05, 0.1) is 11.0 Å². The number of likely N-dealkylation sites (tertiary alicyclic amines) is 1. The normalized spacial score (nSPS) is 33.0. The van der Waals surface area contributed by atoms with Crippen molar-refractivity contribution < 1.29 is 19.4 Å². The van der Waals surface area contributed by atoms with E-state index in [1.54, 1.807) is 11.8 Å². The van der Waals surface area contributed by atoms with Gasteiger partial charge in [0.2, 0.25) is 0 Å². The van der Waals surface area contributed by atoms with Crippen LogP contribution in [0.3, 0.4) is 0 Å². The fourth-order valence-corrected chi connectivity index (χ4v) is 2.93. The predicted molar refractivity (Wildman–Crippen MR) is 73.5 cm³/mol. The standard InChI is InChI=1S/C14H24N2O4/c1-13(2)8-10(4-7-20-13)15-12(19)16-6-5-14(3,9-16)11(17)18/h10H,4-9H2,1-3H3,(H,15,19)(H,17,18). The lowest BCUT2D eigenvalue weighted by molar-refractivity contribution is -0.146. The molecule has 0 aliphatic carbocycles. The molecule has 0 aromatic rings. The summed E-state index contributed by atoms with van der Waals surface area (Å²) in [6, 6.07) is -0.0550. The van der Waals surface area contributed by atoms with Crippen molar-refractivity contribution in [1.82, 2.24) is 10.2 Å². The van der Waals surface area contributed by atoms with Crippen molar-refractivity contribution >= 4 is 12.0 Å². The highest BCUT2D eigenvalue weighted by molar-refractivity contribution is 5.79. The fraction of sp³-hybridized carbons (Fsp3) is 0.857. The maximum atomic E-state index is 12.2. The van der Waals surface area contributed by atoms with Crippen molar-refractivity contribution in [3.8, 4) is 0 Å². The van der Waals surface area contributed by atoms with Gasteiger partial charge in [-0.2, -0.15) is 0 Å². The molecule has 2 N–H and O–H groups in total. The van der Waals surface area contributed by atoms with Gasteiger partial charge in [0, 0.05) is 25.7 Å². The molecule has 0 aromatic carbocycles. The Morgan fingerprint density at radius 3 is 2.60 bits per heavy atom. The zero-order valence-corrected chi connectivity index (χ0v) is 12.4. The molecule has 2 unspecified atom stereocenters. The number of hydrogen-bond acceptors (Lipinski definition) is 3. The van der Waals surface area contributed by atoms with Crippen molar-refractivity contribution in [2.45, 2.75) is 51.7 Å². The minimum Gasteiger partial charge on any atom is -0.481 e. The summed E-state index contributed by atoms with van der Waals surface area (Å²) in [5.74, 6) is -0.833. The molecule has 2 amide bonds. The number of amides is 2. The summed E-state index contributed by atoms with van der Waals surface area (Å²) in [6.45, 7) is 7.15. The Labute approximate surface area is 119 Å². The molecule has 6 heteroatoms. The summed E-state index contributed by atoms with van der Waals surface area (Å²) in [6.07, 6.45) is 2.09. The Hall–Kier alpha value is -1.30. The molecule has 2 heterocycles. The molecule has 0 spiro atoms. The minimum atomic E-state index is -0.833. The van der Waals surface area contributed by atoms with E-state index in [1.165, 1.54) is 0 Å². The van der Waals surface area contributed by atoms with Crippen LogP contribution in [0, 0.1) is 5.41 Å². The minimum absolute atomic E-state index is 0.0999. The number of hydrogen-bond donors (Lipinski definition) is 2. The molecule has 0 saturated carbocycles. The smallest absolute Gasteiger partial charge is 0.317 e. The van der Waals surface area contributed by atoms with Crippen LogP contribution in [-0.4, -0.2) is 53.3 Å². The van der Waals surface area contributed by atoms with Gasteiger partial charge in [0.25, 0.3) is 0 Å². The van der Waals surface area contributed by atoms with Crippen LogP contribution in [0.4, 0.5) is 4.79 Å². The number of nitrogens with zero attached hydrogens (tertiary/aromatic N) is 1. The van der Waals surface area contributed by atoms with Crippen LogP contribution < -0.4 is 5.32 Å². The first-order valence-electron chi connectivity index (χ1n) is 7.15. The molecule has 0 aromatic heterocycles. The molecule has 6 nitrogen and oxygen atoms in total. The van der Waals surface area contributed by atoms with E-state index in [4.69, 9.17) is 4.74 Å². The van der Waals surface area contributed by atoms with Crippen LogP contribution in [0.5, 0.6) is 0 Å². The second kappa shape index (κ2) is 5.24. The number of carboxylic acids is 1. The van der Waals surface area contributed by atoms with E-state index in [-0.39, 0.29) is 24.2 Å². The molecule has 20 heavy (non-hydrogen) atoms. The van der Waals surface area contributed by atoms with E-state index >= 15 is 0 Å². The Balaban J connectivity index is 1.89. The van der Waals surface area contributed by atoms with Gasteiger partial charge in [-0.25, -0.2) is 4.79 Å². The predicted octanol–water partition coefficient (Wildman–Crippen LogP) is 1.45. The van der Waals surface area contributed by atoms with Crippen LogP contribution in [0.25, 0.3) is 0 Å². The second-order valence-corrected chi connectivity index (χ2v) is 6.78. The van der Waals surface area contributed by atoms with Crippen LogP contribution in [0.15, 0.2) is 0 Å². The van der Waals surface area contributed by atoms with E-state index in [0.29, 0.717) is 19.6 Å². The first-order chi connectivity index (χ1) is 9.22. The Bertz CT molecular complexity index is 410. The highest BCUT2D eigenvalue weighted by Gasteiger charge is 2.42. The largest absolute Gasteiger partial charge is 0.481 e. The number of carboxylic acid groups (broad SMARTS) is 1. The third-order valence-corrected chi connectivity index (χ3v) is 4.30. The second-order valence-electron chi connectivity index (χ2n) is 6.78. The Kier molecular flexibility index (Phi) is 3.95. The quantitative estimate of drug-likeness (QED) is 0.804. The summed E-state index contributed by atoms with van der Waals surface area (Å²) in [4.78, 5) is 25.0. The lowest BCUT2D eigenvalue weighted by Crippen LogP contribution is -2.50. The van der Waals surface area contributed by atoms with Crippen LogP contribution in [0.2, 0.25) is 0 Å². The molecule has 2 rings (SSSR count). The summed E-state index contributed by atoms with van der Waals surface area (Å²) in [5.41, 5.74) is -1.02. The van der Waals surface area contributed by atoms with Crippen LogP contribution >= 0.6 is 0 Å². The number of urea groups is 1. The van der Waals surface area contributed by atoms with Crippen molar-refractivity contribution in [2.24, 2.45) is 5.41 Å². The number of aliphatic carboxylic acids is 1. The van der Waals surface area contributed by atoms with Crippen molar-refractivity contribution in [1.29, 1.82) is 0 Å². The lowest BCUT2D eigenvalue weighted by Gasteiger charge is -2.36.